The average Bonchev–Trinajstić information content (AvgIpc) is 2.61. The normalized spacial score (nSPS) is 11.4. The third-order valence-electron chi connectivity index (χ3n) is 3.82. The fourth-order valence-corrected chi connectivity index (χ4v) is 2.20. The Kier molecular flexibility index (Phi) is 12.8. The van der Waals surface area contributed by atoms with E-state index < -0.39 is 0 Å². The number of benzene rings is 1. The molecule has 0 aliphatic rings. The predicted molar refractivity (Wildman–Crippen MR) is 125 cm³/mol. The van der Waals surface area contributed by atoms with Gasteiger partial charge in [-0.15, -0.1) is 24.0 Å². The number of carbonyl (C=O) groups is 1. The van der Waals surface area contributed by atoms with Crippen LogP contribution in [0.1, 0.15) is 31.9 Å². The van der Waals surface area contributed by atoms with Crippen molar-refractivity contribution in [2.45, 2.75) is 34.2 Å². The first kappa shape index (κ1) is 26.4. The van der Waals surface area contributed by atoms with Gasteiger partial charge in [0, 0.05) is 44.8 Å². The fourth-order valence-electron chi connectivity index (χ4n) is 2.20. The number of rotatable bonds is 9. The Bertz CT molecular complexity index is 630. The molecule has 0 unspecified atom stereocenters. The Balaban J connectivity index is 0.00000729. The SMILES string of the molecule is CN=C(NCCNC(=O)C(C)(C)C)NCc1ccc(C)cc1OCCOC.I. The van der Waals surface area contributed by atoms with Gasteiger partial charge in [-0.2, -0.15) is 0 Å². The molecule has 0 fully saturated rings. The molecule has 0 spiro atoms. The van der Waals surface area contributed by atoms with Crippen molar-refractivity contribution in [2.75, 3.05) is 40.5 Å². The van der Waals surface area contributed by atoms with Crippen LogP contribution in [0.25, 0.3) is 0 Å². The topological polar surface area (TPSA) is 84.0 Å². The molecule has 0 atom stereocenters. The second-order valence-electron chi connectivity index (χ2n) is 7.31. The van der Waals surface area contributed by atoms with E-state index in [4.69, 9.17) is 9.47 Å². The second kappa shape index (κ2) is 13.6. The molecule has 0 radical (unpaired) electrons. The molecule has 1 amide bonds. The molecule has 1 rings (SSSR count). The van der Waals surface area contributed by atoms with Gasteiger partial charge in [-0.25, -0.2) is 0 Å². The standard InChI is InChI=1S/C20H34N4O3.HI/c1-15-7-8-16(17(13-15)27-12-11-26-6)14-24-19(21-5)23-10-9-22-18(25)20(2,3)4;/h7-8,13H,9-12,14H2,1-6H3,(H,22,25)(H2,21,23,24);1H. The summed E-state index contributed by atoms with van der Waals surface area (Å²) in [5.41, 5.74) is 1.80. The maximum Gasteiger partial charge on any atom is 0.225 e. The molecule has 7 nitrogen and oxygen atoms in total. The van der Waals surface area contributed by atoms with E-state index in [2.05, 4.69) is 27.0 Å². The monoisotopic (exact) mass is 506 g/mol. The summed E-state index contributed by atoms with van der Waals surface area (Å²) in [6.45, 7) is 10.5. The van der Waals surface area contributed by atoms with Crippen molar-refractivity contribution in [3.63, 3.8) is 0 Å². The van der Waals surface area contributed by atoms with E-state index in [9.17, 15) is 4.79 Å². The first-order chi connectivity index (χ1) is 12.8. The summed E-state index contributed by atoms with van der Waals surface area (Å²) in [6, 6.07) is 6.12. The summed E-state index contributed by atoms with van der Waals surface area (Å²) in [7, 11) is 3.37. The van der Waals surface area contributed by atoms with Gasteiger partial charge in [0.25, 0.3) is 0 Å². The molecule has 28 heavy (non-hydrogen) atoms. The summed E-state index contributed by atoms with van der Waals surface area (Å²) in [5, 5.41) is 9.37. The molecule has 8 heteroatoms. The Labute approximate surface area is 186 Å². The quantitative estimate of drug-likeness (QED) is 0.208. The number of methoxy groups -OCH3 is 1. The van der Waals surface area contributed by atoms with Gasteiger partial charge in [-0.05, 0) is 18.6 Å². The Morgan fingerprint density at radius 1 is 1.11 bits per heavy atom. The number of halogens is 1. The number of guanidine groups is 1. The van der Waals surface area contributed by atoms with E-state index in [-0.39, 0.29) is 35.3 Å². The molecule has 1 aromatic carbocycles. The van der Waals surface area contributed by atoms with E-state index in [1.807, 2.05) is 39.8 Å². The maximum atomic E-state index is 11.9. The van der Waals surface area contributed by atoms with Gasteiger partial charge in [0.2, 0.25) is 5.91 Å². The van der Waals surface area contributed by atoms with Crippen molar-refractivity contribution in [1.82, 2.24) is 16.0 Å². The highest BCUT2D eigenvalue weighted by atomic mass is 127. The smallest absolute Gasteiger partial charge is 0.225 e. The lowest BCUT2D eigenvalue weighted by molar-refractivity contribution is -0.128. The Morgan fingerprint density at radius 3 is 2.39 bits per heavy atom. The van der Waals surface area contributed by atoms with Crippen LogP contribution in [0.4, 0.5) is 0 Å². The number of amides is 1. The van der Waals surface area contributed by atoms with Crippen LogP contribution in [-0.4, -0.2) is 52.3 Å². The first-order valence-corrected chi connectivity index (χ1v) is 9.22. The summed E-state index contributed by atoms with van der Waals surface area (Å²) in [4.78, 5) is 16.1. The van der Waals surface area contributed by atoms with E-state index in [1.54, 1.807) is 14.2 Å². The van der Waals surface area contributed by atoms with Crippen LogP contribution in [0.2, 0.25) is 0 Å². The number of aliphatic imine (C=N–C) groups is 1. The molecule has 0 aliphatic carbocycles. The Morgan fingerprint density at radius 2 is 1.79 bits per heavy atom. The predicted octanol–water partition coefficient (Wildman–Crippen LogP) is 2.47. The zero-order chi connectivity index (χ0) is 20.3. The molecule has 0 bridgehead atoms. The van der Waals surface area contributed by atoms with Gasteiger partial charge in [0.05, 0.1) is 6.61 Å². The number of nitrogens with zero attached hydrogens (tertiary/aromatic N) is 1. The first-order valence-electron chi connectivity index (χ1n) is 9.22. The van der Waals surface area contributed by atoms with Crippen molar-refractivity contribution in [2.24, 2.45) is 10.4 Å². The highest BCUT2D eigenvalue weighted by molar-refractivity contribution is 14.0. The lowest BCUT2D eigenvalue weighted by Gasteiger charge is -2.18. The number of nitrogens with one attached hydrogen (secondary N) is 3. The van der Waals surface area contributed by atoms with Crippen molar-refractivity contribution in [3.8, 4) is 5.75 Å². The molecule has 1 aromatic rings. The highest BCUT2D eigenvalue weighted by Gasteiger charge is 2.20. The largest absolute Gasteiger partial charge is 0.491 e. The lowest BCUT2D eigenvalue weighted by Crippen LogP contribution is -2.43. The zero-order valence-electron chi connectivity index (χ0n) is 17.8. The van der Waals surface area contributed by atoms with Crippen LogP contribution >= 0.6 is 24.0 Å². The summed E-state index contributed by atoms with van der Waals surface area (Å²) < 4.78 is 10.9. The molecule has 0 saturated heterocycles. The van der Waals surface area contributed by atoms with Gasteiger partial charge in [0.1, 0.15) is 12.4 Å². The fraction of sp³-hybridized carbons (Fsp3) is 0.600. The van der Waals surface area contributed by atoms with Crippen LogP contribution in [0.15, 0.2) is 23.2 Å². The van der Waals surface area contributed by atoms with Crippen LogP contribution in [0, 0.1) is 12.3 Å². The summed E-state index contributed by atoms with van der Waals surface area (Å²) >= 11 is 0. The molecule has 3 N–H and O–H groups in total. The van der Waals surface area contributed by atoms with E-state index in [1.165, 1.54) is 0 Å². The van der Waals surface area contributed by atoms with Crippen molar-refractivity contribution in [3.05, 3.63) is 29.3 Å². The van der Waals surface area contributed by atoms with E-state index >= 15 is 0 Å². The molecule has 160 valence electrons. The molecule has 0 heterocycles. The maximum absolute atomic E-state index is 11.9. The third kappa shape index (κ3) is 10.1. The van der Waals surface area contributed by atoms with Gasteiger partial charge in [-0.3, -0.25) is 9.79 Å². The van der Waals surface area contributed by atoms with Crippen LogP contribution in [0.3, 0.4) is 0 Å². The molecule has 0 aromatic heterocycles. The van der Waals surface area contributed by atoms with Crippen molar-refractivity contribution in [1.29, 1.82) is 0 Å². The third-order valence-corrected chi connectivity index (χ3v) is 3.82. The van der Waals surface area contributed by atoms with Crippen LogP contribution < -0.4 is 20.7 Å². The van der Waals surface area contributed by atoms with Gasteiger partial charge < -0.3 is 25.4 Å². The number of carbonyl (C=O) groups excluding carboxylic acids is 1. The molecule has 0 aliphatic heterocycles. The number of hydrogen-bond donors (Lipinski definition) is 3. The lowest BCUT2D eigenvalue weighted by atomic mass is 9.96. The van der Waals surface area contributed by atoms with Crippen molar-refractivity contribution < 1.29 is 14.3 Å². The number of aryl methyl sites for hydroxylation is 1. The van der Waals surface area contributed by atoms with Gasteiger partial charge in [-0.1, -0.05) is 32.9 Å². The Hall–Kier alpha value is -1.55. The van der Waals surface area contributed by atoms with Gasteiger partial charge >= 0.3 is 0 Å². The second-order valence-corrected chi connectivity index (χ2v) is 7.31. The van der Waals surface area contributed by atoms with E-state index in [0.29, 0.717) is 38.8 Å². The van der Waals surface area contributed by atoms with Crippen LogP contribution in [0.5, 0.6) is 5.75 Å². The molecular formula is C20H35IN4O3. The molecular weight excluding hydrogens is 471 g/mol. The van der Waals surface area contributed by atoms with Crippen LogP contribution in [-0.2, 0) is 16.1 Å². The minimum atomic E-state index is -0.384. The average molecular weight is 506 g/mol. The highest BCUT2D eigenvalue weighted by Crippen LogP contribution is 2.20. The van der Waals surface area contributed by atoms with E-state index in [0.717, 1.165) is 16.9 Å². The number of hydrogen-bond acceptors (Lipinski definition) is 4. The van der Waals surface area contributed by atoms with Crippen molar-refractivity contribution >= 4 is 35.8 Å². The zero-order valence-corrected chi connectivity index (χ0v) is 20.2. The number of ether oxygens (including phenoxy) is 2. The summed E-state index contributed by atoms with van der Waals surface area (Å²) in [6.07, 6.45) is 0. The van der Waals surface area contributed by atoms with Gasteiger partial charge in [0.15, 0.2) is 5.96 Å². The summed E-state index contributed by atoms with van der Waals surface area (Å²) in [5.74, 6) is 1.54. The minimum Gasteiger partial charge on any atom is -0.491 e. The molecule has 0 saturated carbocycles. The minimum absolute atomic E-state index is 0.